The molecule has 0 heterocycles. The van der Waals surface area contributed by atoms with Gasteiger partial charge in [0.25, 0.3) is 6.10 Å². The van der Waals surface area contributed by atoms with Gasteiger partial charge in [-0.1, -0.05) is 0 Å². The monoisotopic (exact) mass is 228 g/mol. The van der Waals surface area contributed by atoms with Crippen molar-refractivity contribution in [2.45, 2.75) is 18.5 Å². The Kier molecular flexibility index (Phi) is 4.62. The average molecular weight is 228 g/mol. The van der Waals surface area contributed by atoms with Gasteiger partial charge in [0.1, 0.15) is 6.79 Å². The minimum Gasteiger partial charge on any atom is -0.371 e. The van der Waals surface area contributed by atoms with Gasteiger partial charge >= 0.3 is 12.4 Å². The number of aliphatic hydroxyl groups excluding tert-OH is 1. The molecule has 14 heavy (non-hydrogen) atoms. The van der Waals surface area contributed by atoms with Crippen molar-refractivity contribution in [2.24, 2.45) is 0 Å². The first-order valence-corrected chi connectivity index (χ1v) is 3.13. The fourth-order valence-corrected chi connectivity index (χ4v) is 0.528. The molecule has 0 saturated carbocycles. The molecule has 0 aromatic carbocycles. The van der Waals surface area contributed by atoms with Gasteiger partial charge in [0.2, 0.25) is 0 Å². The van der Waals surface area contributed by atoms with Gasteiger partial charge in [0.05, 0.1) is 0 Å². The number of ether oxygens (including phenoxy) is 2. The first-order valence-electron chi connectivity index (χ1n) is 3.13. The highest BCUT2D eigenvalue weighted by atomic mass is 19.4. The van der Waals surface area contributed by atoms with Crippen LogP contribution in [0.25, 0.3) is 0 Å². The third kappa shape index (κ3) is 4.63. The first kappa shape index (κ1) is 13.5. The molecular weight excluding hydrogens is 222 g/mol. The van der Waals surface area contributed by atoms with Crippen molar-refractivity contribution < 1.29 is 40.9 Å². The second-order valence-electron chi connectivity index (χ2n) is 2.08. The van der Waals surface area contributed by atoms with E-state index in [2.05, 4.69) is 9.47 Å². The molecule has 0 aliphatic carbocycles. The zero-order valence-corrected chi connectivity index (χ0v) is 6.52. The molecule has 0 rings (SSSR count). The molecule has 0 radical (unpaired) electrons. The Bertz CT molecular complexity index is 150. The van der Waals surface area contributed by atoms with Gasteiger partial charge in [-0.3, -0.25) is 0 Å². The van der Waals surface area contributed by atoms with Crippen LogP contribution in [0.15, 0.2) is 0 Å². The molecule has 0 aromatic heterocycles. The maximum absolute atomic E-state index is 11.7. The lowest BCUT2D eigenvalue weighted by molar-refractivity contribution is -0.337. The molecule has 0 aliphatic rings. The van der Waals surface area contributed by atoms with Crippen molar-refractivity contribution in [3.8, 4) is 0 Å². The first-order chi connectivity index (χ1) is 6.19. The minimum absolute atomic E-state index is 1.03. The zero-order valence-electron chi connectivity index (χ0n) is 6.52. The van der Waals surface area contributed by atoms with Crippen LogP contribution in [0.5, 0.6) is 0 Å². The Morgan fingerprint density at radius 2 is 1.43 bits per heavy atom. The van der Waals surface area contributed by atoms with Crippen LogP contribution in [-0.4, -0.2) is 37.1 Å². The predicted molar refractivity (Wildman–Crippen MR) is 30.0 cm³/mol. The lowest BCUT2D eigenvalue weighted by atomic mass is 10.3. The van der Waals surface area contributed by atoms with E-state index in [-0.39, 0.29) is 0 Å². The molecule has 0 amide bonds. The van der Waals surface area contributed by atoms with Crippen molar-refractivity contribution >= 4 is 0 Å². The summed E-state index contributed by atoms with van der Waals surface area (Å²) in [5.41, 5.74) is 0. The smallest absolute Gasteiger partial charge is 0.371 e. The average Bonchev–Trinajstić information content (AvgIpc) is 1.92. The molecule has 0 saturated heterocycles. The van der Waals surface area contributed by atoms with E-state index in [1.165, 1.54) is 0 Å². The van der Waals surface area contributed by atoms with Crippen molar-refractivity contribution in [2.75, 3.05) is 13.6 Å². The summed E-state index contributed by atoms with van der Waals surface area (Å²) in [7, 11) is 0. The lowest BCUT2D eigenvalue weighted by Crippen LogP contribution is -2.44. The molecule has 0 fully saturated rings. The minimum atomic E-state index is -5.56. The standard InChI is InChI=1S/C5H6F6O3/c6-4(7,8)3(5(9,10)11)14-2-13-1-12/h3,12H,1-2H2. The van der Waals surface area contributed by atoms with E-state index in [9.17, 15) is 26.3 Å². The van der Waals surface area contributed by atoms with Crippen molar-refractivity contribution in [1.29, 1.82) is 0 Å². The molecule has 0 unspecified atom stereocenters. The maximum atomic E-state index is 11.7. The number of aliphatic hydroxyl groups is 1. The van der Waals surface area contributed by atoms with Crippen molar-refractivity contribution in [3.63, 3.8) is 0 Å². The third-order valence-corrected chi connectivity index (χ3v) is 1.00. The Hall–Kier alpha value is -0.540. The Morgan fingerprint density at radius 3 is 1.71 bits per heavy atom. The summed E-state index contributed by atoms with van der Waals surface area (Å²) in [5, 5.41) is 7.92. The highest BCUT2D eigenvalue weighted by Gasteiger charge is 2.58. The topological polar surface area (TPSA) is 38.7 Å². The SMILES string of the molecule is OCOCOC(C(F)(F)F)C(F)(F)F. The number of rotatable bonds is 4. The van der Waals surface area contributed by atoms with Gasteiger partial charge < -0.3 is 14.6 Å². The van der Waals surface area contributed by atoms with E-state index in [4.69, 9.17) is 5.11 Å². The largest absolute Gasteiger partial charge is 0.423 e. The highest BCUT2D eigenvalue weighted by molar-refractivity contribution is 4.75. The summed E-state index contributed by atoms with van der Waals surface area (Å²) in [4.78, 5) is 0. The third-order valence-electron chi connectivity index (χ3n) is 1.00. The number of hydrogen-bond acceptors (Lipinski definition) is 3. The van der Waals surface area contributed by atoms with Crippen LogP contribution in [0, 0.1) is 0 Å². The molecule has 0 spiro atoms. The number of alkyl halides is 6. The second kappa shape index (κ2) is 4.80. The molecule has 0 atom stereocenters. The van der Waals surface area contributed by atoms with E-state index >= 15 is 0 Å². The predicted octanol–water partition coefficient (Wildman–Crippen LogP) is 1.42. The molecule has 0 aromatic rings. The normalized spacial score (nSPS) is 13.7. The summed E-state index contributed by atoms with van der Waals surface area (Å²) in [6, 6.07) is 0. The van der Waals surface area contributed by atoms with Gasteiger partial charge in [0, 0.05) is 0 Å². The number of hydrogen-bond donors (Lipinski definition) is 1. The molecule has 9 heteroatoms. The van der Waals surface area contributed by atoms with Crippen LogP contribution in [-0.2, 0) is 9.47 Å². The van der Waals surface area contributed by atoms with E-state index < -0.39 is 32.0 Å². The highest BCUT2D eigenvalue weighted by Crippen LogP contribution is 2.35. The molecule has 0 bridgehead atoms. The van der Waals surface area contributed by atoms with Crippen LogP contribution < -0.4 is 0 Å². The lowest BCUT2D eigenvalue weighted by Gasteiger charge is -2.22. The molecular formula is C5H6F6O3. The van der Waals surface area contributed by atoms with Gasteiger partial charge in [-0.15, -0.1) is 0 Å². The fraction of sp³-hybridized carbons (Fsp3) is 1.00. The Labute approximate surface area is 74.2 Å². The van der Waals surface area contributed by atoms with Crippen molar-refractivity contribution in [1.82, 2.24) is 0 Å². The van der Waals surface area contributed by atoms with Crippen LogP contribution in [0.3, 0.4) is 0 Å². The zero-order chi connectivity index (χ0) is 11.4. The summed E-state index contributed by atoms with van der Waals surface area (Å²) in [6.45, 7) is -2.32. The second-order valence-corrected chi connectivity index (χ2v) is 2.08. The number of halogens is 6. The van der Waals surface area contributed by atoms with Crippen molar-refractivity contribution in [3.05, 3.63) is 0 Å². The van der Waals surface area contributed by atoms with Crippen LogP contribution in [0.4, 0.5) is 26.3 Å². The molecule has 0 aliphatic heterocycles. The van der Waals surface area contributed by atoms with E-state index in [0.29, 0.717) is 0 Å². The summed E-state index contributed by atoms with van der Waals surface area (Å²) in [6.07, 6.45) is -15.0. The quantitative estimate of drug-likeness (QED) is 0.449. The van der Waals surface area contributed by atoms with E-state index in [1.807, 2.05) is 0 Å². The van der Waals surface area contributed by atoms with Gasteiger partial charge in [-0.2, -0.15) is 26.3 Å². The summed E-state index contributed by atoms with van der Waals surface area (Å²) in [5.74, 6) is 0. The fourth-order valence-electron chi connectivity index (χ4n) is 0.528. The van der Waals surface area contributed by atoms with Gasteiger partial charge in [0.15, 0.2) is 6.79 Å². The van der Waals surface area contributed by atoms with E-state index in [1.54, 1.807) is 0 Å². The molecule has 1 N–H and O–H groups in total. The summed E-state index contributed by atoms with van der Waals surface area (Å²) < 4.78 is 77.2. The van der Waals surface area contributed by atoms with E-state index in [0.717, 1.165) is 0 Å². The van der Waals surface area contributed by atoms with Crippen LogP contribution >= 0.6 is 0 Å². The van der Waals surface area contributed by atoms with Crippen LogP contribution in [0.1, 0.15) is 0 Å². The summed E-state index contributed by atoms with van der Waals surface area (Å²) >= 11 is 0. The Balaban J connectivity index is 4.28. The molecule has 86 valence electrons. The molecule has 3 nitrogen and oxygen atoms in total. The Morgan fingerprint density at radius 1 is 1.00 bits per heavy atom. The van der Waals surface area contributed by atoms with Gasteiger partial charge in [-0.25, -0.2) is 0 Å². The maximum Gasteiger partial charge on any atom is 0.423 e. The van der Waals surface area contributed by atoms with Crippen LogP contribution in [0.2, 0.25) is 0 Å². The van der Waals surface area contributed by atoms with Gasteiger partial charge in [-0.05, 0) is 0 Å².